The molecule has 0 aliphatic carbocycles. The minimum absolute atomic E-state index is 0. The maximum Gasteiger partial charge on any atom is 0.416 e. The first-order valence-corrected chi connectivity index (χ1v) is 13.4. The summed E-state index contributed by atoms with van der Waals surface area (Å²) in [6, 6.07) is 9.52. The quantitative estimate of drug-likeness (QED) is 0.137. The van der Waals surface area contributed by atoms with Gasteiger partial charge in [-0.25, -0.2) is 0 Å². The highest BCUT2D eigenvalue weighted by molar-refractivity contribution is 6.03. The number of rotatable bonds is 5. The summed E-state index contributed by atoms with van der Waals surface area (Å²) >= 11 is 0. The summed E-state index contributed by atoms with van der Waals surface area (Å²) in [5.41, 5.74) is -3.75. The highest BCUT2D eigenvalue weighted by Crippen LogP contribution is 2.41. The average molecular weight is 627 g/mol. The molecular formula is C31H36F6N4O3. The van der Waals surface area contributed by atoms with Gasteiger partial charge in [0, 0.05) is 25.7 Å². The van der Waals surface area contributed by atoms with E-state index in [-0.39, 0.29) is 38.1 Å². The molecule has 0 spiro atoms. The number of quaternary nitrogens is 1. The predicted octanol–water partition coefficient (Wildman–Crippen LogP) is 6.66. The lowest BCUT2D eigenvalue weighted by Gasteiger charge is -2.44. The van der Waals surface area contributed by atoms with Crippen molar-refractivity contribution in [3.63, 3.8) is 0 Å². The third-order valence-electron chi connectivity index (χ3n) is 8.06. The van der Waals surface area contributed by atoms with Gasteiger partial charge in [0.2, 0.25) is 12.1 Å². The molecule has 240 valence electrons. The number of carbonyl (C=O) groups excluding carboxylic acids is 1. The molecule has 3 aromatic rings. The smallest absolute Gasteiger partial charge is 0.416 e. The number of hydrogen-bond acceptors (Lipinski definition) is 4. The molecule has 0 N–H and O–H groups in total. The normalized spacial score (nSPS) is 15.9. The fourth-order valence-corrected chi connectivity index (χ4v) is 5.25. The number of amides is 1. The van der Waals surface area contributed by atoms with Crippen LogP contribution in [-0.2, 0) is 22.6 Å². The monoisotopic (exact) mass is 626 g/mol. The summed E-state index contributed by atoms with van der Waals surface area (Å²) in [5, 5.41) is 27.1. The topological polar surface area (TPSA) is 73.5 Å². The zero-order chi connectivity index (χ0) is 32.1. The van der Waals surface area contributed by atoms with Gasteiger partial charge in [-0.2, -0.15) is 26.3 Å². The Morgan fingerprint density at radius 3 is 1.91 bits per heavy atom. The summed E-state index contributed by atoms with van der Waals surface area (Å²) < 4.78 is 81.0. The van der Waals surface area contributed by atoms with E-state index in [2.05, 4.69) is 0 Å². The highest BCUT2D eigenvalue weighted by atomic mass is 19.4. The van der Waals surface area contributed by atoms with Crippen LogP contribution in [0.3, 0.4) is 0 Å². The van der Waals surface area contributed by atoms with Gasteiger partial charge in [0.05, 0.1) is 22.6 Å². The second-order valence-electron chi connectivity index (χ2n) is 11.5. The van der Waals surface area contributed by atoms with Gasteiger partial charge >= 0.3 is 18.2 Å². The summed E-state index contributed by atoms with van der Waals surface area (Å²) in [6.07, 6.45) is -9.12. The first-order chi connectivity index (χ1) is 19.8. The third-order valence-corrected chi connectivity index (χ3v) is 8.06. The van der Waals surface area contributed by atoms with Crippen LogP contribution in [-0.4, -0.2) is 51.1 Å². The summed E-state index contributed by atoms with van der Waals surface area (Å²) in [4.78, 5) is 16.9. The van der Waals surface area contributed by atoms with Crippen molar-refractivity contribution in [1.29, 1.82) is 0 Å². The Kier molecular flexibility index (Phi) is 9.50. The number of hydroxylamine groups is 2. The Hall–Kier alpha value is -3.68. The zero-order valence-electron chi connectivity index (χ0n) is 24.3. The molecule has 2 aromatic carbocycles. The van der Waals surface area contributed by atoms with Gasteiger partial charge in [-0.05, 0) is 62.7 Å². The van der Waals surface area contributed by atoms with Crippen molar-refractivity contribution >= 4 is 17.4 Å². The van der Waals surface area contributed by atoms with Crippen molar-refractivity contribution in [1.82, 2.24) is 9.55 Å². The minimum atomic E-state index is -5.09. The fraction of sp³-hybridized carbons (Fsp3) is 0.419. The van der Waals surface area contributed by atoms with Crippen LogP contribution in [0.1, 0.15) is 43.5 Å². The van der Waals surface area contributed by atoms with Crippen LogP contribution < -0.4 is 14.3 Å². The van der Waals surface area contributed by atoms with E-state index in [1.165, 1.54) is 27.0 Å². The second kappa shape index (κ2) is 12.0. The van der Waals surface area contributed by atoms with Crippen LogP contribution in [0.4, 0.5) is 37.8 Å². The van der Waals surface area contributed by atoms with Crippen LogP contribution in [0, 0.1) is 17.3 Å². The second-order valence-corrected chi connectivity index (χ2v) is 11.5. The lowest BCUT2D eigenvalue weighted by Crippen LogP contribution is -2.60. The lowest BCUT2D eigenvalue weighted by molar-refractivity contribution is -0.598. The molecule has 7 nitrogen and oxygen atoms in total. The average Bonchev–Trinajstić information content (AvgIpc) is 2.93. The molecule has 13 heteroatoms. The van der Waals surface area contributed by atoms with Crippen LogP contribution in [0.25, 0.3) is 11.1 Å². The summed E-state index contributed by atoms with van der Waals surface area (Å²) in [5.74, 6) is -0.962. The number of aromatic nitrogens is 1. The van der Waals surface area contributed by atoms with Crippen molar-refractivity contribution in [3.05, 3.63) is 87.4 Å². The molecule has 1 fully saturated rings. The molecule has 0 bridgehead atoms. The number of alkyl halides is 6. The molecule has 1 amide bonds. The van der Waals surface area contributed by atoms with Crippen molar-refractivity contribution in [3.8, 4) is 11.1 Å². The van der Waals surface area contributed by atoms with Crippen molar-refractivity contribution in [2.24, 2.45) is 0 Å². The van der Waals surface area contributed by atoms with E-state index >= 15 is 0 Å². The van der Waals surface area contributed by atoms with Crippen LogP contribution in [0.5, 0.6) is 0 Å². The Morgan fingerprint density at radius 1 is 0.909 bits per heavy atom. The highest BCUT2D eigenvalue weighted by Gasteiger charge is 2.42. The van der Waals surface area contributed by atoms with E-state index in [0.717, 1.165) is 16.7 Å². The van der Waals surface area contributed by atoms with Gasteiger partial charge in [0.15, 0.2) is 0 Å². The molecule has 2 heterocycles. The number of nitrogens with zero attached hydrogens (tertiary/aromatic N) is 4. The molecule has 0 saturated carbocycles. The van der Waals surface area contributed by atoms with E-state index in [1.54, 1.807) is 31.2 Å². The Balaban J connectivity index is 0.00000529. The van der Waals surface area contributed by atoms with Crippen LogP contribution in [0.15, 0.2) is 54.7 Å². The number of piperazine rings is 1. The van der Waals surface area contributed by atoms with Gasteiger partial charge in [-0.15, -0.1) is 4.73 Å². The standard InChI is InChI=1S/C30H32F6N4O3.CH4/c1-19-8-6-7-9-23(19)24-17-26(40(43)12-10-37(4)11-13-40)39(42)18-25(24)38(5)27(41)28(2,3)20-14-21(29(31,32)33)16-22(15-20)30(34,35)36;/h6-9,14-18H,10-13H2,1-5H3;1H4. The first-order valence-electron chi connectivity index (χ1n) is 13.4. The number of carbonyl (C=O) groups is 1. The molecule has 1 saturated heterocycles. The Labute approximate surface area is 252 Å². The van der Waals surface area contributed by atoms with E-state index in [0.29, 0.717) is 41.1 Å². The first kappa shape index (κ1) is 34.8. The molecule has 1 aliphatic heterocycles. The minimum Gasteiger partial charge on any atom is -0.623 e. The summed E-state index contributed by atoms with van der Waals surface area (Å²) in [7, 11) is 3.15. The van der Waals surface area contributed by atoms with E-state index in [9.17, 15) is 41.6 Å². The molecule has 0 atom stereocenters. The maximum atomic E-state index is 13.9. The molecule has 4 rings (SSSR count). The van der Waals surface area contributed by atoms with Crippen molar-refractivity contribution in [2.75, 3.05) is 45.2 Å². The molecule has 0 radical (unpaired) electrons. The number of aryl methyl sites for hydroxylation is 1. The maximum absolute atomic E-state index is 13.9. The van der Waals surface area contributed by atoms with E-state index in [1.807, 2.05) is 11.9 Å². The van der Waals surface area contributed by atoms with Crippen molar-refractivity contribution < 1.29 is 35.9 Å². The fourth-order valence-electron chi connectivity index (χ4n) is 5.25. The Morgan fingerprint density at radius 2 is 1.41 bits per heavy atom. The number of hydrogen-bond donors (Lipinski definition) is 0. The molecule has 1 aromatic heterocycles. The number of halogens is 6. The van der Waals surface area contributed by atoms with Gasteiger partial charge in [0.25, 0.3) is 0 Å². The SMILES string of the molecule is C.Cc1ccccc1-c1cc([N+]2([O-])CCN(C)CC2)[n+]([O-])cc1N(C)C(=O)C(C)(C)c1cc(C(F)(F)F)cc(C(F)(F)F)c1. The predicted molar refractivity (Wildman–Crippen MR) is 158 cm³/mol. The molecular weight excluding hydrogens is 590 g/mol. The van der Waals surface area contributed by atoms with Crippen LogP contribution >= 0.6 is 0 Å². The van der Waals surface area contributed by atoms with Gasteiger partial charge in [0.1, 0.15) is 18.8 Å². The molecule has 0 unspecified atom stereocenters. The number of likely N-dealkylation sites (N-methyl/N-ethyl adjacent to an activating group) is 2. The Bertz CT molecular complexity index is 1500. The number of anilines is 1. The number of benzene rings is 2. The van der Waals surface area contributed by atoms with E-state index < -0.39 is 45.0 Å². The zero-order valence-corrected chi connectivity index (χ0v) is 24.3. The van der Waals surface area contributed by atoms with Gasteiger partial charge in [-0.1, -0.05) is 31.7 Å². The summed E-state index contributed by atoms with van der Waals surface area (Å²) in [6.45, 7) is 5.37. The molecule has 44 heavy (non-hydrogen) atoms. The lowest BCUT2D eigenvalue weighted by atomic mass is 9.81. The largest absolute Gasteiger partial charge is 0.623 e. The van der Waals surface area contributed by atoms with Gasteiger partial charge < -0.3 is 15.3 Å². The van der Waals surface area contributed by atoms with Crippen LogP contribution in [0.2, 0.25) is 0 Å². The van der Waals surface area contributed by atoms with Gasteiger partial charge in [-0.3, -0.25) is 14.3 Å². The molecule has 1 aliphatic rings. The third kappa shape index (κ3) is 6.69. The number of pyridine rings is 1. The van der Waals surface area contributed by atoms with E-state index in [4.69, 9.17) is 0 Å². The van der Waals surface area contributed by atoms with Crippen molar-refractivity contribution in [2.45, 2.75) is 46.0 Å².